The Labute approximate surface area is 118 Å². The maximum Gasteiger partial charge on any atom is 0.168 e. The van der Waals surface area contributed by atoms with Crippen LogP contribution in [0.25, 0.3) is 0 Å². The Hall–Kier alpha value is -1.20. The number of benzene rings is 1. The minimum absolute atomic E-state index is 0.191. The van der Waals surface area contributed by atoms with E-state index in [0.717, 1.165) is 45.3 Å². The highest BCUT2D eigenvalue weighted by Crippen LogP contribution is 2.25. The van der Waals surface area contributed by atoms with Gasteiger partial charge in [-0.1, -0.05) is 0 Å². The van der Waals surface area contributed by atoms with Crippen molar-refractivity contribution in [3.05, 3.63) is 29.3 Å². The van der Waals surface area contributed by atoms with Gasteiger partial charge in [0.15, 0.2) is 11.6 Å². The number of nitrogens with zero attached hydrogens (tertiary/aromatic N) is 1. The molecule has 0 spiro atoms. The Morgan fingerprint density at radius 3 is 2.70 bits per heavy atom. The molecule has 0 unspecified atom stereocenters. The van der Waals surface area contributed by atoms with Crippen molar-refractivity contribution in [1.82, 2.24) is 4.90 Å². The summed E-state index contributed by atoms with van der Waals surface area (Å²) >= 11 is 0. The Kier molecular flexibility index (Phi) is 5.73. The lowest BCUT2D eigenvalue weighted by Crippen LogP contribution is -2.36. The van der Waals surface area contributed by atoms with Gasteiger partial charge in [-0.15, -0.1) is 0 Å². The molecule has 1 aromatic carbocycles. The lowest BCUT2D eigenvalue weighted by atomic mass is 10.1. The molecule has 5 heteroatoms. The summed E-state index contributed by atoms with van der Waals surface area (Å²) in [7, 11) is 0. The van der Waals surface area contributed by atoms with Crippen LogP contribution in [0.15, 0.2) is 12.1 Å². The molecule has 1 heterocycles. The van der Waals surface area contributed by atoms with Crippen LogP contribution < -0.4 is 4.74 Å². The van der Waals surface area contributed by atoms with Crippen LogP contribution in [0, 0.1) is 11.6 Å². The molecule has 0 bridgehead atoms. The molecule has 20 heavy (non-hydrogen) atoms. The predicted octanol–water partition coefficient (Wildman–Crippen LogP) is 2.63. The fourth-order valence-corrected chi connectivity index (χ4v) is 2.42. The molecule has 1 saturated heterocycles. The molecule has 112 valence electrons. The van der Waals surface area contributed by atoms with Gasteiger partial charge in [0.1, 0.15) is 5.82 Å². The zero-order valence-electron chi connectivity index (χ0n) is 11.8. The molecule has 1 fully saturated rings. The Morgan fingerprint density at radius 1 is 1.25 bits per heavy atom. The molecular formula is C15H21F2NO2. The Morgan fingerprint density at radius 2 is 2.00 bits per heavy atom. The number of aryl methyl sites for hydroxylation is 1. The fourth-order valence-electron chi connectivity index (χ4n) is 2.42. The number of morpholine rings is 1. The summed E-state index contributed by atoms with van der Waals surface area (Å²) in [6.45, 7) is 6.45. The van der Waals surface area contributed by atoms with Crippen molar-refractivity contribution >= 4 is 0 Å². The topological polar surface area (TPSA) is 21.7 Å². The van der Waals surface area contributed by atoms with Gasteiger partial charge in [-0.2, -0.15) is 0 Å². The van der Waals surface area contributed by atoms with Crippen molar-refractivity contribution in [2.45, 2.75) is 19.8 Å². The summed E-state index contributed by atoms with van der Waals surface area (Å²) in [5.41, 5.74) is 0.609. The molecule has 0 radical (unpaired) electrons. The van der Waals surface area contributed by atoms with E-state index in [-0.39, 0.29) is 5.75 Å². The molecular weight excluding hydrogens is 264 g/mol. The maximum atomic E-state index is 13.7. The third-order valence-corrected chi connectivity index (χ3v) is 3.40. The van der Waals surface area contributed by atoms with Crippen LogP contribution in [0.1, 0.15) is 18.9 Å². The molecule has 0 aliphatic carbocycles. The predicted molar refractivity (Wildman–Crippen MR) is 73.1 cm³/mol. The van der Waals surface area contributed by atoms with Crippen molar-refractivity contribution in [3.63, 3.8) is 0 Å². The summed E-state index contributed by atoms with van der Waals surface area (Å²) < 4.78 is 37.6. The van der Waals surface area contributed by atoms with Crippen molar-refractivity contribution < 1.29 is 18.3 Å². The molecule has 0 amide bonds. The Balaban J connectivity index is 1.93. The minimum atomic E-state index is -0.617. The molecule has 1 aromatic rings. The Bertz CT molecular complexity index is 434. The average Bonchev–Trinajstić information content (AvgIpc) is 2.43. The second kappa shape index (κ2) is 7.55. The molecule has 2 rings (SSSR count). The molecule has 0 saturated carbocycles. The quantitative estimate of drug-likeness (QED) is 0.802. The number of hydrogen-bond acceptors (Lipinski definition) is 3. The summed E-state index contributed by atoms with van der Waals surface area (Å²) in [4.78, 5) is 2.31. The van der Waals surface area contributed by atoms with Crippen molar-refractivity contribution in [2.24, 2.45) is 0 Å². The van der Waals surface area contributed by atoms with Crippen LogP contribution >= 0.6 is 0 Å². The third kappa shape index (κ3) is 4.15. The van der Waals surface area contributed by atoms with E-state index in [2.05, 4.69) is 4.90 Å². The molecule has 0 aromatic heterocycles. The van der Waals surface area contributed by atoms with Crippen molar-refractivity contribution in [2.75, 3.05) is 39.5 Å². The van der Waals surface area contributed by atoms with Crippen LogP contribution in [0.2, 0.25) is 0 Å². The lowest BCUT2D eigenvalue weighted by molar-refractivity contribution is 0.0374. The van der Waals surface area contributed by atoms with E-state index in [1.807, 2.05) is 0 Å². The zero-order chi connectivity index (χ0) is 14.4. The first-order valence-electron chi connectivity index (χ1n) is 7.11. The number of hydrogen-bond donors (Lipinski definition) is 0. The van der Waals surface area contributed by atoms with Gasteiger partial charge in [0, 0.05) is 24.7 Å². The highest BCUT2D eigenvalue weighted by Gasteiger charge is 2.14. The maximum absolute atomic E-state index is 13.7. The number of halogens is 2. The van der Waals surface area contributed by atoms with Crippen LogP contribution in [0.4, 0.5) is 8.78 Å². The van der Waals surface area contributed by atoms with Crippen molar-refractivity contribution in [3.8, 4) is 5.75 Å². The third-order valence-electron chi connectivity index (χ3n) is 3.40. The summed E-state index contributed by atoms with van der Waals surface area (Å²) in [5, 5.41) is 0. The van der Waals surface area contributed by atoms with Crippen LogP contribution in [0.3, 0.4) is 0 Å². The molecule has 1 aliphatic heterocycles. The van der Waals surface area contributed by atoms with E-state index in [0.29, 0.717) is 18.6 Å². The van der Waals surface area contributed by atoms with Gasteiger partial charge in [-0.3, -0.25) is 4.90 Å². The van der Waals surface area contributed by atoms with Gasteiger partial charge in [0.2, 0.25) is 0 Å². The van der Waals surface area contributed by atoms with E-state index in [9.17, 15) is 8.78 Å². The molecule has 1 aliphatic rings. The largest absolute Gasteiger partial charge is 0.491 e. The number of ether oxygens (including phenoxy) is 2. The van der Waals surface area contributed by atoms with Gasteiger partial charge in [-0.05, 0) is 32.4 Å². The molecule has 0 N–H and O–H groups in total. The fraction of sp³-hybridized carbons (Fsp3) is 0.600. The van der Waals surface area contributed by atoms with E-state index in [4.69, 9.17) is 9.47 Å². The van der Waals surface area contributed by atoms with Crippen LogP contribution in [-0.2, 0) is 11.2 Å². The summed E-state index contributed by atoms with van der Waals surface area (Å²) in [5.74, 6) is -0.976. The van der Waals surface area contributed by atoms with E-state index in [1.54, 1.807) is 6.92 Å². The SMILES string of the molecule is CCOc1c(F)cc(F)cc1CCCN1CCOCC1. The van der Waals surface area contributed by atoms with Crippen LogP contribution in [-0.4, -0.2) is 44.4 Å². The number of rotatable bonds is 6. The first-order chi connectivity index (χ1) is 9.70. The van der Waals surface area contributed by atoms with Gasteiger partial charge in [0.25, 0.3) is 0 Å². The highest BCUT2D eigenvalue weighted by molar-refractivity contribution is 5.35. The first kappa shape index (κ1) is 15.2. The summed E-state index contributed by atoms with van der Waals surface area (Å²) in [6, 6.07) is 2.24. The van der Waals surface area contributed by atoms with Gasteiger partial charge < -0.3 is 9.47 Å². The van der Waals surface area contributed by atoms with E-state index < -0.39 is 11.6 Å². The smallest absolute Gasteiger partial charge is 0.168 e. The second-order valence-electron chi connectivity index (χ2n) is 4.87. The summed E-state index contributed by atoms with van der Waals surface area (Å²) in [6.07, 6.45) is 1.46. The van der Waals surface area contributed by atoms with Gasteiger partial charge in [0.05, 0.1) is 19.8 Å². The lowest BCUT2D eigenvalue weighted by Gasteiger charge is -2.26. The first-order valence-corrected chi connectivity index (χ1v) is 7.11. The van der Waals surface area contributed by atoms with Gasteiger partial charge in [-0.25, -0.2) is 8.78 Å². The second-order valence-corrected chi connectivity index (χ2v) is 4.87. The van der Waals surface area contributed by atoms with Gasteiger partial charge >= 0.3 is 0 Å². The van der Waals surface area contributed by atoms with E-state index in [1.165, 1.54) is 6.07 Å². The molecule has 0 atom stereocenters. The highest BCUT2D eigenvalue weighted by atomic mass is 19.1. The van der Waals surface area contributed by atoms with Crippen LogP contribution in [0.5, 0.6) is 5.75 Å². The van der Waals surface area contributed by atoms with Crippen molar-refractivity contribution in [1.29, 1.82) is 0 Å². The van der Waals surface area contributed by atoms with E-state index >= 15 is 0 Å². The standard InChI is InChI=1S/C15H21F2NO2/c1-2-20-15-12(10-13(16)11-14(15)17)4-3-5-18-6-8-19-9-7-18/h10-11H,2-9H2,1H3. The molecule has 3 nitrogen and oxygen atoms in total. The average molecular weight is 285 g/mol. The minimum Gasteiger partial charge on any atom is -0.491 e. The monoisotopic (exact) mass is 285 g/mol. The normalized spacial score (nSPS) is 16.4. The zero-order valence-corrected chi connectivity index (χ0v) is 11.8.